The lowest BCUT2D eigenvalue weighted by Crippen LogP contribution is -2.50. The molecule has 2 aliphatic rings. The third-order valence-electron chi connectivity index (χ3n) is 7.38. The summed E-state index contributed by atoms with van der Waals surface area (Å²) in [6.07, 6.45) is 4.18. The first-order chi connectivity index (χ1) is 17.4. The Morgan fingerprint density at radius 2 is 1.75 bits per heavy atom. The molecule has 194 valence electrons. The fraction of sp³-hybridized carbons (Fsp3) is 0.536. The molecule has 8 nitrogen and oxygen atoms in total. The smallest absolute Gasteiger partial charge is 0.243 e. The maximum atomic E-state index is 12.9. The zero-order valence-electron chi connectivity index (χ0n) is 21.9. The van der Waals surface area contributed by atoms with E-state index in [-0.39, 0.29) is 18.4 Å². The van der Waals surface area contributed by atoms with E-state index in [9.17, 15) is 9.59 Å². The number of hydrogen-bond donors (Lipinski definition) is 1. The van der Waals surface area contributed by atoms with E-state index in [0.29, 0.717) is 12.5 Å². The lowest BCUT2D eigenvalue weighted by Gasteiger charge is -2.39. The quantitative estimate of drug-likeness (QED) is 0.611. The first-order valence-electron chi connectivity index (χ1n) is 13.1. The highest BCUT2D eigenvalue weighted by Gasteiger charge is 2.26. The predicted molar refractivity (Wildman–Crippen MR) is 144 cm³/mol. The maximum Gasteiger partial charge on any atom is 0.243 e. The minimum Gasteiger partial charge on any atom is -0.354 e. The highest BCUT2D eigenvalue weighted by molar-refractivity contribution is 5.95. The molecule has 4 rings (SSSR count). The number of carbonyl (C=O) groups is 2. The third kappa shape index (κ3) is 7.04. The van der Waals surface area contributed by atoms with Crippen LogP contribution in [0.3, 0.4) is 0 Å². The normalized spacial score (nSPS) is 19.2. The molecule has 1 aromatic carbocycles. The second kappa shape index (κ2) is 12.3. The molecule has 36 heavy (non-hydrogen) atoms. The summed E-state index contributed by atoms with van der Waals surface area (Å²) in [4.78, 5) is 38.7. The average Bonchev–Trinajstić information content (AvgIpc) is 2.87. The summed E-state index contributed by atoms with van der Waals surface area (Å²) in [6.45, 7) is 11.4. The number of para-hydroxylation sites is 1. The number of anilines is 2. The molecule has 1 aromatic heterocycles. The summed E-state index contributed by atoms with van der Waals surface area (Å²) in [6, 6.07) is 12.0. The molecule has 1 N–H and O–H groups in total. The molecule has 2 saturated heterocycles. The van der Waals surface area contributed by atoms with Crippen molar-refractivity contribution in [2.75, 3.05) is 76.2 Å². The van der Waals surface area contributed by atoms with Gasteiger partial charge in [0.1, 0.15) is 5.82 Å². The minimum absolute atomic E-state index is 0.00344. The molecule has 0 saturated carbocycles. The molecule has 0 aliphatic carbocycles. The van der Waals surface area contributed by atoms with Crippen molar-refractivity contribution < 1.29 is 9.59 Å². The van der Waals surface area contributed by atoms with Crippen molar-refractivity contribution in [1.82, 2.24) is 19.7 Å². The summed E-state index contributed by atoms with van der Waals surface area (Å²) in [5.74, 6) is 1.47. The molecular formula is C28H40N6O2. The number of hydrogen-bond acceptors (Lipinski definition) is 6. The Balaban J connectivity index is 1.20. The molecule has 3 heterocycles. The molecule has 0 radical (unpaired) electrons. The van der Waals surface area contributed by atoms with Crippen LogP contribution in [0.25, 0.3) is 0 Å². The summed E-state index contributed by atoms with van der Waals surface area (Å²) in [7, 11) is 1.72. The minimum atomic E-state index is -0.162. The van der Waals surface area contributed by atoms with Gasteiger partial charge in [0.25, 0.3) is 0 Å². The molecular weight excluding hydrogens is 452 g/mol. The molecule has 1 atom stereocenters. The molecule has 8 heteroatoms. The SMILES string of the molecule is Cc1cccc(C)c1NC(=O)CN(C)C(=O)CN1CCCC(CN2CCN(c3ccccn3)CC2)C1. The number of likely N-dealkylation sites (N-methyl/N-ethyl adjacent to an activating group) is 1. The highest BCUT2D eigenvalue weighted by atomic mass is 16.2. The van der Waals surface area contributed by atoms with Crippen molar-refractivity contribution in [2.45, 2.75) is 26.7 Å². The fourth-order valence-corrected chi connectivity index (χ4v) is 5.32. The van der Waals surface area contributed by atoms with Crippen LogP contribution in [0, 0.1) is 19.8 Å². The lowest BCUT2D eigenvalue weighted by molar-refractivity contribution is -0.134. The lowest BCUT2D eigenvalue weighted by atomic mass is 9.97. The Morgan fingerprint density at radius 3 is 2.44 bits per heavy atom. The van der Waals surface area contributed by atoms with E-state index in [2.05, 4.69) is 31.1 Å². The van der Waals surface area contributed by atoms with Crippen molar-refractivity contribution >= 4 is 23.3 Å². The summed E-state index contributed by atoms with van der Waals surface area (Å²) in [5, 5.41) is 2.97. The number of aryl methyl sites for hydroxylation is 2. The zero-order valence-corrected chi connectivity index (χ0v) is 21.9. The van der Waals surface area contributed by atoms with Gasteiger partial charge in [-0.2, -0.15) is 0 Å². The number of piperazine rings is 1. The van der Waals surface area contributed by atoms with Gasteiger partial charge in [0.05, 0.1) is 13.1 Å². The monoisotopic (exact) mass is 492 g/mol. The van der Waals surface area contributed by atoms with E-state index in [1.54, 1.807) is 11.9 Å². The standard InChI is InChI=1S/C28H40N6O2/c1-22-8-6-9-23(2)28(22)30-26(35)20-31(3)27(36)21-33-13-7-10-24(19-33)18-32-14-16-34(17-15-32)25-11-4-5-12-29-25/h4-6,8-9,11-12,24H,7,10,13-21H2,1-3H3,(H,30,35). The van der Waals surface area contributed by atoms with Gasteiger partial charge in [0.2, 0.25) is 11.8 Å². The number of pyridine rings is 1. The number of rotatable bonds is 8. The molecule has 2 aliphatic heterocycles. The van der Waals surface area contributed by atoms with E-state index in [4.69, 9.17) is 0 Å². The van der Waals surface area contributed by atoms with Gasteiger partial charge in [-0.25, -0.2) is 4.98 Å². The Morgan fingerprint density at radius 1 is 1.00 bits per heavy atom. The highest BCUT2D eigenvalue weighted by Crippen LogP contribution is 2.21. The predicted octanol–water partition coefficient (Wildman–Crippen LogP) is 2.63. The van der Waals surface area contributed by atoms with E-state index in [1.165, 1.54) is 6.42 Å². The summed E-state index contributed by atoms with van der Waals surface area (Å²) < 4.78 is 0. The van der Waals surface area contributed by atoms with Crippen molar-refractivity contribution in [3.63, 3.8) is 0 Å². The summed E-state index contributed by atoms with van der Waals surface area (Å²) in [5.41, 5.74) is 2.88. The van der Waals surface area contributed by atoms with Gasteiger partial charge in [-0.3, -0.25) is 19.4 Å². The molecule has 1 unspecified atom stereocenters. The first-order valence-corrected chi connectivity index (χ1v) is 13.1. The number of carbonyl (C=O) groups excluding carboxylic acids is 2. The van der Waals surface area contributed by atoms with Crippen LogP contribution in [0.2, 0.25) is 0 Å². The number of aromatic nitrogens is 1. The molecule has 2 amide bonds. The van der Waals surface area contributed by atoms with Crippen molar-refractivity contribution in [2.24, 2.45) is 5.92 Å². The van der Waals surface area contributed by atoms with E-state index >= 15 is 0 Å². The number of nitrogens with zero attached hydrogens (tertiary/aromatic N) is 5. The fourth-order valence-electron chi connectivity index (χ4n) is 5.32. The second-order valence-electron chi connectivity index (χ2n) is 10.3. The van der Waals surface area contributed by atoms with E-state index < -0.39 is 0 Å². The maximum absolute atomic E-state index is 12.9. The number of nitrogens with one attached hydrogen (secondary N) is 1. The van der Waals surface area contributed by atoms with Gasteiger partial charge in [-0.1, -0.05) is 24.3 Å². The van der Waals surface area contributed by atoms with Crippen LogP contribution in [0.4, 0.5) is 11.5 Å². The Kier molecular flexibility index (Phi) is 8.93. The molecule has 0 spiro atoms. The van der Waals surface area contributed by atoms with E-state index in [1.807, 2.05) is 50.4 Å². The van der Waals surface area contributed by atoms with Crippen molar-refractivity contribution in [3.8, 4) is 0 Å². The van der Waals surface area contributed by atoms with Gasteiger partial charge in [0, 0.05) is 58.2 Å². The Bertz CT molecular complexity index is 1000. The molecule has 2 fully saturated rings. The van der Waals surface area contributed by atoms with Crippen LogP contribution in [0.15, 0.2) is 42.6 Å². The number of likely N-dealkylation sites (tertiary alicyclic amines) is 1. The largest absolute Gasteiger partial charge is 0.354 e. The first kappa shape index (κ1) is 26.1. The van der Waals surface area contributed by atoms with E-state index in [0.717, 1.165) is 74.9 Å². The number of amides is 2. The Hall–Kier alpha value is -2.97. The van der Waals surface area contributed by atoms with Gasteiger partial charge in [-0.15, -0.1) is 0 Å². The Labute approximate surface area is 215 Å². The second-order valence-corrected chi connectivity index (χ2v) is 10.3. The van der Waals surface area contributed by atoms with Crippen LogP contribution in [0.5, 0.6) is 0 Å². The number of benzene rings is 1. The van der Waals surface area contributed by atoms with Gasteiger partial charge in [-0.05, 0) is 62.4 Å². The van der Waals surface area contributed by atoms with Crippen LogP contribution >= 0.6 is 0 Å². The average molecular weight is 493 g/mol. The van der Waals surface area contributed by atoms with Crippen LogP contribution in [-0.4, -0.2) is 97.4 Å². The van der Waals surface area contributed by atoms with Crippen molar-refractivity contribution in [1.29, 1.82) is 0 Å². The summed E-state index contributed by atoms with van der Waals surface area (Å²) >= 11 is 0. The van der Waals surface area contributed by atoms with Crippen LogP contribution in [0.1, 0.15) is 24.0 Å². The third-order valence-corrected chi connectivity index (χ3v) is 7.38. The van der Waals surface area contributed by atoms with Gasteiger partial charge >= 0.3 is 0 Å². The zero-order chi connectivity index (χ0) is 25.5. The van der Waals surface area contributed by atoms with Crippen LogP contribution < -0.4 is 10.2 Å². The van der Waals surface area contributed by atoms with Crippen molar-refractivity contribution in [3.05, 3.63) is 53.7 Å². The van der Waals surface area contributed by atoms with Crippen LogP contribution in [-0.2, 0) is 9.59 Å². The number of piperidine rings is 1. The molecule has 0 bridgehead atoms. The molecule has 2 aromatic rings. The van der Waals surface area contributed by atoms with Gasteiger partial charge < -0.3 is 15.1 Å². The van der Waals surface area contributed by atoms with Gasteiger partial charge in [0.15, 0.2) is 0 Å². The topological polar surface area (TPSA) is 72.0 Å².